The van der Waals surface area contributed by atoms with Crippen molar-refractivity contribution in [1.29, 1.82) is 0 Å². The molecule has 6 aromatic rings. The molecule has 8 rings (SSSR count). The molecule has 2 aliphatic rings. The fourth-order valence-electron chi connectivity index (χ4n) is 6.69. The van der Waals surface area contributed by atoms with Crippen molar-refractivity contribution in [3.63, 3.8) is 0 Å². The summed E-state index contributed by atoms with van der Waals surface area (Å²) < 4.78 is 3.44. The maximum atomic E-state index is 5.34. The van der Waals surface area contributed by atoms with Crippen LogP contribution in [-0.2, 0) is 5.41 Å². The van der Waals surface area contributed by atoms with Gasteiger partial charge in [0.25, 0.3) is 0 Å². The third-order valence-electron chi connectivity index (χ3n) is 9.08. The summed E-state index contributed by atoms with van der Waals surface area (Å²) in [5, 5.41) is 2.64. The average molecular weight is 653 g/mol. The van der Waals surface area contributed by atoms with Crippen LogP contribution in [0.3, 0.4) is 0 Å². The summed E-state index contributed by atoms with van der Waals surface area (Å²) in [6.45, 7) is 6.79. The Morgan fingerprint density at radius 3 is 2.43 bits per heavy atom. The van der Waals surface area contributed by atoms with Crippen LogP contribution >= 0.6 is 27.3 Å². The zero-order chi connectivity index (χ0) is 30.0. The van der Waals surface area contributed by atoms with Gasteiger partial charge in [-0.25, -0.2) is 15.0 Å². The molecule has 0 saturated heterocycles. The molecule has 0 fully saturated rings. The van der Waals surface area contributed by atoms with Crippen LogP contribution in [0.1, 0.15) is 50.6 Å². The second-order valence-corrected chi connectivity index (χ2v) is 14.0. The summed E-state index contributed by atoms with van der Waals surface area (Å²) in [6, 6.07) is 26.5. The average Bonchev–Trinajstić information content (AvgIpc) is 3.39. The quantitative estimate of drug-likeness (QED) is 0.178. The lowest BCUT2D eigenvalue weighted by Crippen LogP contribution is -2.18. The molecule has 44 heavy (non-hydrogen) atoms. The van der Waals surface area contributed by atoms with Crippen molar-refractivity contribution in [3.05, 3.63) is 130 Å². The maximum Gasteiger partial charge on any atom is 0.160 e. The van der Waals surface area contributed by atoms with Gasteiger partial charge in [0.1, 0.15) is 4.60 Å². The highest BCUT2D eigenvalue weighted by atomic mass is 79.9. The standard InChI is InChI=1S/C39H30BrN3S/c1-4-23-8-7-9-24(13-12-23)38-42-36(27-16-19-34(40)41-22-27)35-37(43-38)30-20-25(15-18-31(30)39(35,2)3)26-14-17-29-28-10-5-6-11-32(28)44-33(29)21-26/h5-7,9-22H,4,8H2,1-3H3. The number of thiophene rings is 1. The number of pyridine rings is 1. The molecule has 3 nitrogen and oxygen atoms in total. The Hall–Kier alpha value is -4.19. The molecule has 0 spiro atoms. The van der Waals surface area contributed by atoms with E-state index in [0.717, 1.165) is 51.4 Å². The van der Waals surface area contributed by atoms with Gasteiger partial charge >= 0.3 is 0 Å². The summed E-state index contributed by atoms with van der Waals surface area (Å²) >= 11 is 5.37. The number of hydrogen-bond donors (Lipinski definition) is 0. The lowest BCUT2D eigenvalue weighted by Gasteiger charge is -2.24. The van der Waals surface area contributed by atoms with Crippen LogP contribution in [-0.4, -0.2) is 15.0 Å². The summed E-state index contributed by atoms with van der Waals surface area (Å²) in [6.07, 6.45) is 12.7. The van der Waals surface area contributed by atoms with Gasteiger partial charge in [0.15, 0.2) is 5.82 Å². The van der Waals surface area contributed by atoms with Crippen molar-refractivity contribution in [3.8, 4) is 33.6 Å². The summed E-state index contributed by atoms with van der Waals surface area (Å²) in [4.78, 5) is 15.2. The summed E-state index contributed by atoms with van der Waals surface area (Å²) in [5.74, 6) is 0.743. The first-order valence-electron chi connectivity index (χ1n) is 15.1. The van der Waals surface area contributed by atoms with Crippen molar-refractivity contribution in [2.24, 2.45) is 0 Å². The van der Waals surface area contributed by atoms with Crippen LogP contribution in [0.15, 0.2) is 113 Å². The Morgan fingerprint density at radius 1 is 0.818 bits per heavy atom. The molecule has 3 heterocycles. The largest absolute Gasteiger partial charge is 0.249 e. The molecule has 0 atom stereocenters. The molecule has 0 saturated carbocycles. The number of rotatable bonds is 4. The number of benzene rings is 3. The molecule has 3 aromatic heterocycles. The monoisotopic (exact) mass is 651 g/mol. The van der Waals surface area contributed by atoms with Crippen LogP contribution in [0.4, 0.5) is 0 Å². The van der Waals surface area contributed by atoms with Crippen molar-refractivity contribution in [2.45, 2.75) is 39.0 Å². The molecular formula is C39H30BrN3S. The van der Waals surface area contributed by atoms with E-state index in [4.69, 9.17) is 9.97 Å². The summed E-state index contributed by atoms with van der Waals surface area (Å²) in [5.41, 5.74) is 11.1. The van der Waals surface area contributed by atoms with Gasteiger partial charge in [0, 0.05) is 54.0 Å². The predicted molar refractivity (Wildman–Crippen MR) is 189 cm³/mol. The molecule has 0 unspecified atom stereocenters. The smallest absolute Gasteiger partial charge is 0.160 e. The van der Waals surface area contributed by atoms with Gasteiger partial charge < -0.3 is 0 Å². The summed E-state index contributed by atoms with van der Waals surface area (Å²) in [7, 11) is 0. The number of fused-ring (bicyclic) bond motifs is 6. The zero-order valence-corrected chi connectivity index (χ0v) is 27.3. The first-order valence-corrected chi connectivity index (χ1v) is 16.7. The highest BCUT2D eigenvalue weighted by molar-refractivity contribution is 9.10. The van der Waals surface area contributed by atoms with Crippen molar-refractivity contribution >= 4 is 53.0 Å². The van der Waals surface area contributed by atoms with Crippen LogP contribution < -0.4 is 0 Å². The number of aromatic nitrogens is 3. The second-order valence-electron chi connectivity index (χ2n) is 12.1. The minimum Gasteiger partial charge on any atom is -0.249 e. The third-order valence-corrected chi connectivity index (χ3v) is 10.7. The fourth-order valence-corrected chi connectivity index (χ4v) is 8.07. The van der Waals surface area contributed by atoms with Gasteiger partial charge in [-0.15, -0.1) is 11.3 Å². The van der Waals surface area contributed by atoms with Gasteiger partial charge in [-0.3, -0.25) is 0 Å². The number of allylic oxidation sites excluding steroid dienone is 6. The van der Waals surface area contributed by atoms with E-state index in [-0.39, 0.29) is 5.41 Å². The third kappa shape index (κ3) is 4.41. The molecule has 0 N–H and O–H groups in total. The highest BCUT2D eigenvalue weighted by Crippen LogP contribution is 2.52. The van der Waals surface area contributed by atoms with Gasteiger partial charge in [-0.2, -0.15) is 0 Å². The number of nitrogens with zero attached hydrogens (tertiary/aromatic N) is 3. The van der Waals surface area contributed by atoms with Crippen LogP contribution in [0.2, 0.25) is 0 Å². The topological polar surface area (TPSA) is 38.7 Å². The lowest BCUT2D eigenvalue weighted by molar-refractivity contribution is 0.657. The molecule has 0 radical (unpaired) electrons. The van der Waals surface area contributed by atoms with Crippen LogP contribution in [0, 0.1) is 0 Å². The maximum absolute atomic E-state index is 5.34. The molecule has 3 aromatic carbocycles. The van der Waals surface area contributed by atoms with E-state index in [9.17, 15) is 0 Å². The Bertz CT molecular complexity index is 2220. The molecule has 0 amide bonds. The lowest BCUT2D eigenvalue weighted by atomic mass is 9.80. The Morgan fingerprint density at radius 2 is 1.59 bits per heavy atom. The minimum absolute atomic E-state index is 0.275. The van der Waals surface area contributed by atoms with Crippen molar-refractivity contribution in [2.75, 3.05) is 0 Å². The predicted octanol–water partition coefficient (Wildman–Crippen LogP) is 11.3. The van der Waals surface area contributed by atoms with Crippen LogP contribution in [0.5, 0.6) is 0 Å². The number of halogens is 1. The van der Waals surface area contributed by atoms with E-state index in [0.29, 0.717) is 0 Å². The fraction of sp³-hybridized carbons (Fsp3) is 0.154. The van der Waals surface area contributed by atoms with E-state index in [1.54, 1.807) is 0 Å². The highest BCUT2D eigenvalue weighted by Gasteiger charge is 2.40. The molecular weight excluding hydrogens is 622 g/mol. The van der Waals surface area contributed by atoms with Crippen molar-refractivity contribution in [1.82, 2.24) is 15.0 Å². The Balaban J connectivity index is 1.33. The van der Waals surface area contributed by atoms with Gasteiger partial charge in [-0.1, -0.05) is 93.1 Å². The van der Waals surface area contributed by atoms with Gasteiger partial charge in [0.05, 0.1) is 11.4 Å². The molecule has 5 heteroatoms. The molecule has 0 aliphatic heterocycles. The van der Waals surface area contributed by atoms with E-state index in [1.165, 1.54) is 48.0 Å². The van der Waals surface area contributed by atoms with Gasteiger partial charge in [-0.05, 0) is 75.8 Å². The molecule has 0 bridgehead atoms. The van der Waals surface area contributed by atoms with Crippen LogP contribution in [0.25, 0.3) is 59.4 Å². The normalized spacial score (nSPS) is 15.2. The van der Waals surface area contributed by atoms with E-state index in [1.807, 2.05) is 23.6 Å². The first-order chi connectivity index (χ1) is 21.4. The van der Waals surface area contributed by atoms with Gasteiger partial charge in [0.2, 0.25) is 0 Å². The Labute approximate surface area is 269 Å². The SMILES string of the molecule is CCC1=CC=C(c2nc(-c3ccc(Br)nc3)c3c(n2)-c2cc(-c4ccc5c(c4)sc4ccccc45)ccc2C3(C)C)C=CC1. The molecule has 2 aliphatic carbocycles. The van der Waals surface area contributed by atoms with Crippen molar-refractivity contribution < 1.29 is 0 Å². The minimum atomic E-state index is -0.275. The Kier molecular flexibility index (Phi) is 6.51. The zero-order valence-electron chi connectivity index (χ0n) is 24.9. The van der Waals surface area contributed by atoms with E-state index < -0.39 is 0 Å². The second kappa shape index (κ2) is 10.5. The van der Waals surface area contributed by atoms with E-state index in [2.05, 4.69) is 133 Å². The van der Waals surface area contributed by atoms with E-state index >= 15 is 0 Å². The number of hydrogen-bond acceptors (Lipinski definition) is 4. The molecule has 214 valence electrons. The first kappa shape index (κ1) is 27.4.